The summed E-state index contributed by atoms with van der Waals surface area (Å²) < 4.78 is 5.73. The fourth-order valence-electron chi connectivity index (χ4n) is 2.42. The monoisotopic (exact) mass is 264 g/mol. The Hall–Kier alpha value is -1.10. The van der Waals surface area contributed by atoms with Gasteiger partial charge in [-0.25, -0.2) is 0 Å². The smallest absolute Gasteiger partial charge is 0.119 e. The van der Waals surface area contributed by atoms with Crippen molar-refractivity contribution in [3.8, 4) is 5.75 Å². The SMILES string of the molecule is OCCN1CCCN(CCOc2ccccc2)CC1. The summed E-state index contributed by atoms with van der Waals surface area (Å²) in [5, 5.41) is 8.97. The number of ether oxygens (including phenoxy) is 1. The number of benzene rings is 1. The number of nitrogens with zero attached hydrogens (tertiary/aromatic N) is 2. The first-order valence-electron chi connectivity index (χ1n) is 7.12. The van der Waals surface area contributed by atoms with Crippen LogP contribution in [0.3, 0.4) is 0 Å². The molecule has 1 aliphatic heterocycles. The second kappa shape index (κ2) is 8.15. The summed E-state index contributed by atoms with van der Waals surface area (Å²) in [4.78, 5) is 4.78. The van der Waals surface area contributed by atoms with Crippen LogP contribution in [0.15, 0.2) is 30.3 Å². The Balaban J connectivity index is 1.66. The third-order valence-corrected chi connectivity index (χ3v) is 3.52. The van der Waals surface area contributed by atoms with Crippen LogP contribution < -0.4 is 4.74 Å². The maximum absolute atomic E-state index is 8.97. The molecule has 19 heavy (non-hydrogen) atoms. The largest absolute Gasteiger partial charge is 0.492 e. The van der Waals surface area contributed by atoms with Crippen LogP contribution >= 0.6 is 0 Å². The van der Waals surface area contributed by atoms with Gasteiger partial charge >= 0.3 is 0 Å². The van der Waals surface area contributed by atoms with E-state index in [0.717, 1.165) is 51.6 Å². The minimum absolute atomic E-state index is 0.261. The number of rotatable bonds is 6. The van der Waals surface area contributed by atoms with Crippen LogP contribution in [0, 0.1) is 0 Å². The summed E-state index contributed by atoms with van der Waals surface area (Å²) in [6, 6.07) is 9.97. The molecule has 1 N–H and O–H groups in total. The molecule has 0 saturated carbocycles. The first kappa shape index (κ1) is 14.3. The van der Waals surface area contributed by atoms with Crippen LogP contribution in [0.1, 0.15) is 6.42 Å². The molecular weight excluding hydrogens is 240 g/mol. The van der Waals surface area contributed by atoms with Gasteiger partial charge in [0.1, 0.15) is 12.4 Å². The predicted molar refractivity (Wildman–Crippen MR) is 76.5 cm³/mol. The quantitative estimate of drug-likeness (QED) is 0.833. The molecule has 4 heteroatoms. The summed E-state index contributed by atoms with van der Waals surface area (Å²) in [6.45, 7) is 7.11. The Morgan fingerprint density at radius 2 is 1.63 bits per heavy atom. The lowest BCUT2D eigenvalue weighted by Crippen LogP contribution is -2.34. The van der Waals surface area contributed by atoms with Crippen LogP contribution in [-0.2, 0) is 0 Å². The number of hydrogen-bond donors (Lipinski definition) is 1. The molecule has 1 heterocycles. The second-order valence-corrected chi connectivity index (χ2v) is 4.92. The molecule has 4 nitrogen and oxygen atoms in total. The van der Waals surface area contributed by atoms with Crippen molar-refractivity contribution in [2.45, 2.75) is 6.42 Å². The summed E-state index contributed by atoms with van der Waals surface area (Å²) in [5.74, 6) is 0.944. The van der Waals surface area contributed by atoms with Gasteiger partial charge in [-0.15, -0.1) is 0 Å². The van der Waals surface area contributed by atoms with Crippen molar-refractivity contribution in [3.05, 3.63) is 30.3 Å². The molecule has 2 rings (SSSR count). The molecule has 0 aromatic heterocycles. The van der Waals surface area contributed by atoms with Crippen LogP contribution in [-0.4, -0.2) is 67.4 Å². The third-order valence-electron chi connectivity index (χ3n) is 3.52. The van der Waals surface area contributed by atoms with E-state index in [-0.39, 0.29) is 6.61 Å². The lowest BCUT2D eigenvalue weighted by molar-refractivity contribution is 0.188. The van der Waals surface area contributed by atoms with E-state index in [0.29, 0.717) is 0 Å². The zero-order valence-electron chi connectivity index (χ0n) is 11.5. The molecule has 1 aromatic carbocycles. The molecule has 106 valence electrons. The van der Waals surface area contributed by atoms with E-state index in [2.05, 4.69) is 9.80 Å². The molecule has 0 aliphatic carbocycles. The van der Waals surface area contributed by atoms with Gasteiger partial charge in [0.25, 0.3) is 0 Å². The Morgan fingerprint density at radius 1 is 0.947 bits per heavy atom. The molecule has 0 radical (unpaired) electrons. The van der Waals surface area contributed by atoms with Gasteiger partial charge < -0.3 is 9.84 Å². The third kappa shape index (κ3) is 5.19. The standard InChI is InChI=1S/C15H24N2O2/c18-13-11-16-7-4-8-17(10-9-16)12-14-19-15-5-2-1-3-6-15/h1-3,5-6,18H,4,7-14H2. The molecule has 0 amide bonds. The fourth-order valence-corrected chi connectivity index (χ4v) is 2.42. The highest BCUT2D eigenvalue weighted by Crippen LogP contribution is 2.08. The van der Waals surface area contributed by atoms with E-state index in [4.69, 9.17) is 9.84 Å². The topological polar surface area (TPSA) is 35.9 Å². The zero-order chi connectivity index (χ0) is 13.3. The minimum Gasteiger partial charge on any atom is -0.492 e. The number of hydrogen-bond acceptors (Lipinski definition) is 4. The predicted octanol–water partition coefficient (Wildman–Crippen LogP) is 1.07. The molecule has 1 aliphatic rings. The van der Waals surface area contributed by atoms with Gasteiger partial charge in [0.05, 0.1) is 6.61 Å². The molecule has 1 fully saturated rings. The van der Waals surface area contributed by atoms with Crippen molar-refractivity contribution in [1.82, 2.24) is 9.80 Å². The van der Waals surface area contributed by atoms with Gasteiger partial charge in [0.15, 0.2) is 0 Å². The Bertz CT molecular complexity index is 345. The summed E-state index contributed by atoms with van der Waals surface area (Å²) in [6.07, 6.45) is 1.17. The van der Waals surface area contributed by atoms with Crippen molar-refractivity contribution in [1.29, 1.82) is 0 Å². The van der Waals surface area contributed by atoms with E-state index in [1.54, 1.807) is 0 Å². The number of para-hydroxylation sites is 1. The number of aliphatic hydroxyl groups is 1. The molecule has 0 bridgehead atoms. The van der Waals surface area contributed by atoms with E-state index in [1.807, 2.05) is 30.3 Å². The van der Waals surface area contributed by atoms with Gasteiger partial charge in [0.2, 0.25) is 0 Å². The van der Waals surface area contributed by atoms with E-state index in [9.17, 15) is 0 Å². The van der Waals surface area contributed by atoms with Gasteiger partial charge in [-0.3, -0.25) is 9.80 Å². The first-order valence-corrected chi connectivity index (χ1v) is 7.12. The normalized spacial score (nSPS) is 18.2. The van der Waals surface area contributed by atoms with Crippen molar-refractivity contribution in [2.24, 2.45) is 0 Å². The lowest BCUT2D eigenvalue weighted by Gasteiger charge is -2.21. The molecule has 1 saturated heterocycles. The van der Waals surface area contributed by atoms with Crippen molar-refractivity contribution >= 4 is 0 Å². The zero-order valence-corrected chi connectivity index (χ0v) is 11.5. The first-order chi connectivity index (χ1) is 9.38. The van der Waals surface area contributed by atoms with E-state index in [1.165, 1.54) is 6.42 Å². The Kier molecular flexibility index (Phi) is 6.14. The van der Waals surface area contributed by atoms with Gasteiger partial charge in [-0.05, 0) is 31.6 Å². The molecular formula is C15H24N2O2. The van der Waals surface area contributed by atoms with Crippen molar-refractivity contribution in [2.75, 3.05) is 52.5 Å². The average Bonchev–Trinajstić information content (AvgIpc) is 2.66. The fraction of sp³-hybridized carbons (Fsp3) is 0.600. The average molecular weight is 264 g/mol. The minimum atomic E-state index is 0.261. The number of aliphatic hydroxyl groups excluding tert-OH is 1. The van der Waals surface area contributed by atoms with E-state index < -0.39 is 0 Å². The summed E-state index contributed by atoms with van der Waals surface area (Å²) >= 11 is 0. The van der Waals surface area contributed by atoms with Gasteiger partial charge in [-0.2, -0.15) is 0 Å². The molecule has 0 spiro atoms. The Morgan fingerprint density at radius 3 is 2.32 bits per heavy atom. The number of β-amino-alcohol motifs (C(OH)–C–C–N with tert-alkyl or cyclic N) is 1. The van der Waals surface area contributed by atoms with E-state index >= 15 is 0 Å². The van der Waals surface area contributed by atoms with Crippen molar-refractivity contribution in [3.63, 3.8) is 0 Å². The maximum Gasteiger partial charge on any atom is 0.119 e. The van der Waals surface area contributed by atoms with Gasteiger partial charge in [0, 0.05) is 26.2 Å². The highest BCUT2D eigenvalue weighted by Gasteiger charge is 2.13. The van der Waals surface area contributed by atoms with Crippen LogP contribution in [0.25, 0.3) is 0 Å². The van der Waals surface area contributed by atoms with Crippen LogP contribution in [0.2, 0.25) is 0 Å². The van der Waals surface area contributed by atoms with Crippen LogP contribution in [0.4, 0.5) is 0 Å². The van der Waals surface area contributed by atoms with Gasteiger partial charge in [-0.1, -0.05) is 18.2 Å². The molecule has 0 unspecified atom stereocenters. The summed E-state index contributed by atoms with van der Waals surface area (Å²) in [7, 11) is 0. The maximum atomic E-state index is 8.97. The molecule has 1 aromatic rings. The summed E-state index contributed by atoms with van der Waals surface area (Å²) in [5.41, 5.74) is 0. The Labute approximate surface area is 115 Å². The van der Waals surface area contributed by atoms with Crippen molar-refractivity contribution < 1.29 is 9.84 Å². The molecule has 0 atom stereocenters. The van der Waals surface area contributed by atoms with Crippen LogP contribution in [0.5, 0.6) is 5.75 Å². The second-order valence-electron chi connectivity index (χ2n) is 4.92. The highest BCUT2D eigenvalue weighted by atomic mass is 16.5. The highest BCUT2D eigenvalue weighted by molar-refractivity contribution is 5.20. The lowest BCUT2D eigenvalue weighted by atomic mass is 10.3.